The Labute approximate surface area is 196 Å². The van der Waals surface area contributed by atoms with Crippen molar-refractivity contribution in [1.82, 2.24) is 14.2 Å². The van der Waals surface area contributed by atoms with Crippen LogP contribution in [0.2, 0.25) is 0 Å². The Hall–Kier alpha value is -2.84. The quantitative estimate of drug-likeness (QED) is 0.576. The average molecular weight is 469 g/mol. The highest BCUT2D eigenvalue weighted by atomic mass is 32.2. The molecule has 0 spiro atoms. The smallest absolute Gasteiger partial charge is 0.243 e. The van der Waals surface area contributed by atoms with Gasteiger partial charge < -0.3 is 14.8 Å². The van der Waals surface area contributed by atoms with Crippen LogP contribution in [-0.2, 0) is 27.9 Å². The number of hydrogen-bond acceptors (Lipinski definition) is 4. The van der Waals surface area contributed by atoms with Crippen molar-refractivity contribution in [1.29, 1.82) is 0 Å². The molecule has 0 aliphatic carbocycles. The number of fused-ring (bicyclic) bond motifs is 1. The molecule has 7 nitrogen and oxygen atoms in total. The van der Waals surface area contributed by atoms with Crippen LogP contribution in [0.3, 0.4) is 0 Å². The number of rotatable bonds is 7. The summed E-state index contributed by atoms with van der Waals surface area (Å²) in [5.74, 6) is -0.443. The molecule has 0 radical (unpaired) electrons. The van der Waals surface area contributed by atoms with Gasteiger partial charge in [-0.2, -0.15) is 4.31 Å². The summed E-state index contributed by atoms with van der Waals surface area (Å²) in [4.78, 5) is 15.1. The topological polar surface area (TPSA) is 74.6 Å². The predicted octanol–water partition coefficient (Wildman–Crippen LogP) is 3.44. The Morgan fingerprint density at radius 3 is 2.58 bits per heavy atom. The number of carbonyl (C=O) groups excluding carboxylic acids is 1. The fraction of sp³-hybridized carbons (Fsp3) is 0.400. The van der Waals surface area contributed by atoms with E-state index in [4.69, 9.17) is 0 Å². The zero-order valence-corrected chi connectivity index (χ0v) is 20.3. The van der Waals surface area contributed by atoms with Gasteiger partial charge in [0.1, 0.15) is 0 Å². The Kier molecular flexibility index (Phi) is 6.76. The van der Waals surface area contributed by atoms with Crippen molar-refractivity contribution < 1.29 is 13.2 Å². The van der Waals surface area contributed by atoms with E-state index in [9.17, 15) is 13.2 Å². The van der Waals surface area contributed by atoms with E-state index in [1.807, 2.05) is 61.6 Å². The lowest BCUT2D eigenvalue weighted by Gasteiger charge is -2.31. The lowest BCUT2D eigenvalue weighted by molar-refractivity contribution is -0.126. The normalized spacial score (nSPS) is 17.2. The predicted molar refractivity (Wildman–Crippen MR) is 132 cm³/mol. The summed E-state index contributed by atoms with van der Waals surface area (Å²) in [6, 6.07) is 15.2. The minimum atomic E-state index is -3.66. The van der Waals surface area contributed by atoms with E-state index in [2.05, 4.69) is 16.8 Å². The molecule has 1 fully saturated rings. The van der Waals surface area contributed by atoms with Gasteiger partial charge in [0.2, 0.25) is 15.9 Å². The lowest BCUT2D eigenvalue weighted by Crippen LogP contribution is -2.45. The second-order valence-electron chi connectivity index (χ2n) is 8.80. The number of benzene rings is 2. The first-order valence-corrected chi connectivity index (χ1v) is 12.9. The molecule has 2 aromatic carbocycles. The number of nitrogens with zero attached hydrogens (tertiary/aromatic N) is 3. The number of aromatic nitrogens is 1. The molecule has 1 amide bonds. The molecule has 1 N–H and O–H groups in total. The minimum absolute atomic E-state index is 0.0953. The third-order valence-corrected chi connectivity index (χ3v) is 8.26. The molecule has 1 aliphatic rings. The van der Waals surface area contributed by atoms with Crippen LogP contribution in [-0.4, -0.2) is 50.4 Å². The first-order valence-electron chi connectivity index (χ1n) is 11.4. The van der Waals surface area contributed by atoms with E-state index in [1.54, 1.807) is 12.1 Å². The summed E-state index contributed by atoms with van der Waals surface area (Å²) in [5, 5.41) is 3.89. The summed E-state index contributed by atoms with van der Waals surface area (Å²) >= 11 is 0. The molecule has 1 aromatic heterocycles. The highest BCUT2D eigenvalue weighted by molar-refractivity contribution is 7.89. The largest absolute Gasteiger partial charge is 0.378 e. The summed E-state index contributed by atoms with van der Waals surface area (Å²) in [6.45, 7) is 3.97. The second kappa shape index (κ2) is 9.57. The summed E-state index contributed by atoms with van der Waals surface area (Å²) in [7, 11) is 0.312. The van der Waals surface area contributed by atoms with E-state index in [0.29, 0.717) is 25.9 Å². The zero-order chi connectivity index (χ0) is 23.6. The Morgan fingerprint density at radius 2 is 1.88 bits per heavy atom. The number of amides is 1. The fourth-order valence-electron chi connectivity index (χ4n) is 4.38. The summed E-state index contributed by atoms with van der Waals surface area (Å²) in [5.41, 5.74) is 3.13. The lowest BCUT2D eigenvalue weighted by atomic mass is 9.99. The molecule has 176 valence electrons. The van der Waals surface area contributed by atoms with Gasteiger partial charge in [-0.3, -0.25) is 4.79 Å². The minimum Gasteiger partial charge on any atom is -0.378 e. The molecular weight excluding hydrogens is 436 g/mol. The number of aryl methyl sites for hydroxylation is 1. The maximum absolute atomic E-state index is 13.3. The van der Waals surface area contributed by atoms with Crippen LogP contribution in [0.25, 0.3) is 10.9 Å². The maximum Gasteiger partial charge on any atom is 0.243 e. The van der Waals surface area contributed by atoms with Crippen molar-refractivity contribution >= 4 is 32.5 Å². The van der Waals surface area contributed by atoms with Gasteiger partial charge in [-0.05, 0) is 61.7 Å². The Balaban J connectivity index is 1.42. The molecule has 4 rings (SSSR count). The van der Waals surface area contributed by atoms with E-state index in [-0.39, 0.29) is 23.3 Å². The summed E-state index contributed by atoms with van der Waals surface area (Å²) in [6.07, 6.45) is 3.33. The van der Waals surface area contributed by atoms with E-state index in [0.717, 1.165) is 28.7 Å². The number of carbonyl (C=O) groups is 1. The molecule has 2 heterocycles. The highest BCUT2D eigenvalue weighted by Crippen LogP contribution is 2.27. The molecule has 0 saturated carbocycles. The molecule has 1 atom stereocenters. The van der Waals surface area contributed by atoms with Crippen LogP contribution in [0.5, 0.6) is 0 Å². The van der Waals surface area contributed by atoms with Crippen molar-refractivity contribution in [3.63, 3.8) is 0 Å². The molecule has 0 unspecified atom stereocenters. The van der Waals surface area contributed by atoms with E-state index >= 15 is 0 Å². The average Bonchev–Trinajstić information content (AvgIpc) is 3.25. The molecular formula is C25H32N4O3S. The molecule has 3 aromatic rings. The van der Waals surface area contributed by atoms with Gasteiger partial charge in [-0.1, -0.05) is 12.1 Å². The first-order chi connectivity index (χ1) is 15.8. The molecule has 1 saturated heterocycles. The molecule has 1 aliphatic heterocycles. The van der Waals surface area contributed by atoms with Crippen molar-refractivity contribution in [3.05, 3.63) is 60.3 Å². The monoisotopic (exact) mass is 468 g/mol. The number of piperidine rings is 1. The third kappa shape index (κ3) is 4.91. The zero-order valence-electron chi connectivity index (χ0n) is 19.5. The number of nitrogens with one attached hydrogen (secondary N) is 1. The van der Waals surface area contributed by atoms with Crippen molar-refractivity contribution in [2.24, 2.45) is 5.92 Å². The molecule has 8 heteroatoms. The Morgan fingerprint density at radius 1 is 1.12 bits per heavy atom. The van der Waals surface area contributed by atoms with Gasteiger partial charge in [0, 0.05) is 63.1 Å². The Bertz CT molecular complexity index is 1230. The van der Waals surface area contributed by atoms with Gasteiger partial charge >= 0.3 is 0 Å². The van der Waals surface area contributed by atoms with Crippen LogP contribution in [0.15, 0.2) is 59.6 Å². The number of hydrogen-bond donors (Lipinski definition) is 1. The van der Waals surface area contributed by atoms with Crippen molar-refractivity contribution in [2.75, 3.05) is 32.1 Å². The van der Waals surface area contributed by atoms with Crippen LogP contribution in [0.1, 0.15) is 25.3 Å². The molecule has 33 heavy (non-hydrogen) atoms. The van der Waals surface area contributed by atoms with E-state index < -0.39 is 10.0 Å². The first kappa shape index (κ1) is 23.3. The van der Waals surface area contributed by atoms with Gasteiger partial charge in [-0.25, -0.2) is 8.42 Å². The van der Waals surface area contributed by atoms with Crippen LogP contribution < -0.4 is 10.2 Å². The summed E-state index contributed by atoms with van der Waals surface area (Å²) < 4.78 is 30.2. The van der Waals surface area contributed by atoms with Gasteiger partial charge in [0.05, 0.1) is 10.8 Å². The highest BCUT2D eigenvalue weighted by Gasteiger charge is 2.33. The fourth-order valence-corrected chi connectivity index (χ4v) is 5.94. The van der Waals surface area contributed by atoms with Crippen LogP contribution in [0, 0.1) is 5.92 Å². The second-order valence-corrected chi connectivity index (χ2v) is 10.7. The number of anilines is 1. The van der Waals surface area contributed by atoms with Gasteiger partial charge in [-0.15, -0.1) is 0 Å². The van der Waals surface area contributed by atoms with Gasteiger partial charge in [0.15, 0.2) is 0 Å². The van der Waals surface area contributed by atoms with Crippen LogP contribution >= 0.6 is 0 Å². The van der Waals surface area contributed by atoms with Crippen molar-refractivity contribution in [2.45, 2.75) is 37.8 Å². The molecule has 0 bridgehead atoms. The van der Waals surface area contributed by atoms with Gasteiger partial charge in [0.25, 0.3) is 0 Å². The van der Waals surface area contributed by atoms with Crippen molar-refractivity contribution in [3.8, 4) is 0 Å². The third-order valence-electron chi connectivity index (χ3n) is 6.40. The maximum atomic E-state index is 13.3. The standard InChI is InChI=1S/C25H32N4O3S/c1-4-28-15-13-20-16-23(11-12-24(20)28)33(31,32)29-14-5-6-21(18-29)25(30)26-17-19-7-9-22(10-8-19)27(2)3/h7-13,15-16,21H,4-6,14,17-18H2,1-3H3,(H,26,30)/t21-/m0/s1. The van der Waals surface area contributed by atoms with E-state index in [1.165, 1.54) is 4.31 Å². The van der Waals surface area contributed by atoms with Crippen LogP contribution in [0.4, 0.5) is 5.69 Å². The number of sulfonamides is 1. The SMILES string of the molecule is CCn1ccc2cc(S(=O)(=O)N3CCC[C@H](C(=O)NCc4ccc(N(C)C)cc4)C3)ccc21.